The third kappa shape index (κ3) is 25.7. The van der Waals surface area contributed by atoms with E-state index in [1.807, 2.05) is 23.9 Å². The third-order valence-electron chi connectivity index (χ3n) is 9.54. The largest absolute Gasteiger partial charge is 0.493 e. The Morgan fingerprint density at radius 3 is 1.39 bits per heavy atom. The van der Waals surface area contributed by atoms with Crippen LogP contribution in [0.25, 0.3) is 0 Å². The van der Waals surface area contributed by atoms with Crippen LogP contribution in [-0.2, 0) is 28.6 Å². The van der Waals surface area contributed by atoms with Gasteiger partial charge in [0.05, 0.1) is 52.4 Å². The molecule has 0 atom stereocenters. The van der Waals surface area contributed by atoms with Gasteiger partial charge in [0.15, 0.2) is 11.5 Å². The fraction of sp³-hybridized carbons (Fsp3) is 0.773. The van der Waals surface area contributed by atoms with Gasteiger partial charge >= 0.3 is 23.9 Å². The van der Waals surface area contributed by atoms with Crippen LogP contribution in [0.15, 0.2) is 12.1 Å². The van der Waals surface area contributed by atoms with Crippen molar-refractivity contribution in [1.82, 2.24) is 9.80 Å². The summed E-state index contributed by atoms with van der Waals surface area (Å²) in [6.07, 6.45) is 20.3. The molecule has 1 aromatic rings. The first-order chi connectivity index (χ1) is 27.1. The maximum atomic E-state index is 13.0. The third-order valence-corrected chi connectivity index (χ3v) is 9.54. The molecular formula is C44H76N2O10. The number of rotatable bonds is 36. The molecule has 0 aromatic heterocycles. The van der Waals surface area contributed by atoms with Gasteiger partial charge in [-0.05, 0) is 58.5 Å². The molecule has 0 bridgehead atoms. The highest BCUT2D eigenvalue weighted by Crippen LogP contribution is 2.39. The first-order valence-corrected chi connectivity index (χ1v) is 21.5. The SMILES string of the molecule is CCCCCCCCCCOC(=O)CCN(CCCC(=O)Oc1c(OC)cc(C(=O)OCCCN(C)C)cc1OC)CCC(=O)OCCCCCCCCCC. The van der Waals surface area contributed by atoms with Crippen LogP contribution in [0.1, 0.15) is 159 Å². The summed E-state index contributed by atoms with van der Waals surface area (Å²) in [6, 6.07) is 2.92. The van der Waals surface area contributed by atoms with Gasteiger partial charge in [0.25, 0.3) is 0 Å². The van der Waals surface area contributed by atoms with E-state index in [0.717, 1.165) is 45.1 Å². The first kappa shape index (κ1) is 50.6. The summed E-state index contributed by atoms with van der Waals surface area (Å²) < 4.78 is 33.0. The minimum atomic E-state index is -0.535. The van der Waals surface area contributed by atoms with E-state index in [9.17, 15) is 19.2 Å². The molecule has 12 heteroatoms. The zero-order valence-corrected chi connectivity index (χ0v) is 35.9. The van der Waals surface area contributed by atoms with Crippen LogP contribution in [-0.4, -0.2) is 108 Å². The smallest absolute Gasteiger partial charge is 0.338 e. The number of carbonyl (C=O) groups excluding carboxylic acids is 4. The highest BCUT2D eigenvalue weighted by atomic mass is 16.6. The summed E-state index contributed by atoms with van der Waals surface area (Å²) in [5, 5.41) is 0. The predicted octanol–water partition coefficient (Wildman–Crippen LogP) is 8.95. The van der Waals surface area contributed by atoms with E-state index in [0.29, 0.717) is 45.7 Å². The molecule has 0 fully saturated rings. The van der Waals surface area contributed by atoms with Crippen molar-refractivity contribution in [3.8, 4) is 17.2 Å². The summed E-state index contributed by atoms with van der Waals surface area (Å²) in [5.74, 6) is -1.20. The molecule has 0 aliphatic rings. The van der Waals surface area contributed by atoms with Gasteiger partial charge in [-0.25, -0.2) is 4.79 Å². The lowest BCUT2D eigenvalue weighted by Gasteiger charge is -2.21. The van der Waals surface area contributed by atoms with Gasteiger partial charge in [0.1, 0.15) is 0 Å². The van der Waals surface area contributed by atoms with Crippen LogP contribution in [0, 0.1) is 0 Å². The summed E-state index contributed by atoms with van der Waals surface area (Å²) in [5.41, 5.74) is 0.214. The van der Waals surface area contributed by atoms with Crippen molar-refractivity contribution in [2.45, 2.75) is 149 Å². The number of ether oxygens (including phenoxy) is 6. The number of carbonyl (C=O) groups is 4. The maximum absolute atomic E-state index is 13.0. The number of esters is 4. The highest BCUT2D eigenvalue weighted by molar-refractivity contribution is 5.91. The fourth-order valence-electron chi connectivity index (χ4n) is 6.16. The molecule has 0 saturated carbocycles. The molecule has 0 heterocycles. The number of benzene rings is 1. The van der Waals surface area contributed by atoms with Gasteiger partial charge in [-0.2, -0.15) is 0 Å². The Labute approximate surface area is 338 Å². The zero-order chi connectivity index (χ0) is 41.2. The molecule has 0 aliphatic carbocycles. The lowest BCUT2D eigenvalue weighted by Crippen LogP contribution is -2.31. The maximum Gasteiger partial charge on any atom is 0.338 e. The first-order valence-electron chi connectivity index (χ1n) is 21.5. The van der Waals surface area contributed by atoms with E-state index in [4.69, 9.17) is 28.4 Å². The van der Waals surface area contributed by atoms with Crippen molar-refractivity contribution in [1.29, 1.82) is 0 Å². The summed E-state index contributed by atoms with van der Waals surface area (Å²) >= 11 is 0. The van der Waals surface area contributed by atoms with Crippen molar-refractivity contribution in [3.63, 3.8) is 0 Å². The van der Waals surface area contributed by atoms with E-state index in [1.54, 1.807) is 0 Å². The number of unbranched alkanes of at least 4 members (excludes halogenated alkanes) is 14. The van der Waals surface area contributed by atoms with Crippen molar-refractivity contribution in [2.75, 3.05) is 74.3 Å². The zero-order valence-electron chi connectivity index (χ0n) is 35.9. The van der Waals surface area contributed by atoms with E-state index < -0.39 is 11.9 Å². The van der Waals surface area contributed by atoms with Crippen LogP contribution >= 0.6 is 0 Å². The Morgan fingerprint density at radius 1 is 0.500 bits per heavy atom. The standard InChI is InChI=1S/C44H76N2O10/c1-7-9-11-13-15-17-19-21-32-53-40(47)26-30-46(31-27-41(48)54-33-22-20-18-16-14-12-10-8-2)29-23-25-42(49)56-43-38(51-5)35-37(36-39(43)52-6)44(50)55-34-24-28-45(3)4/h35-36H,7-34H2,1-6H3. The average molecular weight is 793 g/mol. The molecule has 0 N–H and O–H groups in total. The lowest BCUT2D eigenvalue weighted by molar-refractivity contribution is -0.144. The second-order valence-electron chi connectivity index (χ2n) is 14.8. The molecule has 1 rings (SSSR count). The summed E-state index contributed by atoms with van der Waals surface area (Å²) in [6.45, 7) is 7.54. The Balaban J connectivity index is 2.68. The van der Waals surface area contributed by atoms with E-state index >= 15 is 0 Å². The average Bonchev–Trinajstić information content (AvgIpc) is 3.18. The van der Waals surface area contributed by atoms with Gasteiger partial charge in [-0.3, -0.25) is 14.4 Å². The van der Waals surface area contributed by atoms with Crippen molar-refractivity contribution < 1.29 is 47.6 Å². The Morgan fingerprint density at radius 2 is 0.946 bits per heavy atom. The molecule has 0 radical (unpaired) electrons. The second-order valence-corrected chi connectivity index (χ2v) is 14.8. The molecule has 12 nitrogen and oxygen atoms in total. The van der Waals surface area contributed by atoms with Gasteiger partial charge in [0.2, 0.25) is 5.75 Å². The molecular weight excluding hydrogens is 716 g/mol. The normalized spacial score (nSPS) is 11.1. The molecule has 0 amide bonds. The van der Waals surface area contributed by atoms with Gasteiger partial charge in [-0.15, -0.1) is 0 Å². The Kier molecular flexibility index (Phi) is 30.5. The van der Waals surface area contributed by atoms with Crippen LogP contribution in [0.2, 0.25) is 0 Å². The molecule has 0 unspecified atom stereocenters. The number of nitrogens with zero attached hydrogens (tertiary/aromatic N) is 2. The summed E-state index contributed by atoms with van der Waals surface area (Å²) in [4.78, 5) is 54.9. The van der Waals surface area contributed by atoms with E-state index in [-0.39, 0.29) is 60.6 Å². The van der Waals surface area contributed by atoms with E-state index in [2.05, 4.69) is 13.8 Å². The van der Waals surface area contributed by atoms with Crippen LogP contribution in [0.4, 0.5) is 0 Å². The van der Waals surface area contributed by atoms with Gasteiger partial charge in [0, 0.05) is 26.1 Å². The molecule has 322 valence electrons. The highest BCUT2D eigenvalue weighted by Gasteiger charge is 2.21. The van der Waals surface area contributed by atoms with Gasteiger partial charge < -0.3 is 38.2 Å². The minimum absolute atomic E-state index is 0.0598. The van der Waals surface area contributed by atoms with Crippen LogP contribution in [0.3, 0.4) is 0 Å². The van der Waals surface area contributed by atoms with Crippen molar-refractivity contribution >= 4 is 23.9 Å². The Bertz CT molecular complexity index is 1150. The fourth-order valence-corrected chi connectivity index (χ4v) is 6.16. The molecule has 1 aromatic carbocycles. The number of methoxy groups -OCH3 is 2. The second kappa shape index (κ2) is 33.7. The quantitative estimate of drug-likeness (QED) is 0.0278. The van der Waals surface area contributed by atoms with Crippen molar-refractivity contribution in [3.05, 3.63) is 17.7 Å². The predicted molar refractivity (Wildman–Crippen MR) is 221 cm³/mol. The molecule has 0 saturated heterocycles. The van der Waals surface area contributed by atoms with E-state index in [1.165, 1.54) is 90.6 Å². The molecule has 0 spiro atoms. The summed E-state index contributed by atoms with van der Waals surface area (Å²) in [7, 11) is 6.72. The number of hydrogen-bond acceptors (Lipinski definition) is 12. The van der Waals surface area contributed by atoms with Gasteiger partial charge in [-0.1, -0.05) is 104 Å². The monoisotopic (exact) mass is 793 g/mol. The van der Waals surface area contributed by atoms with Crippen LogP contribution in [0.5, 0.6) is 17.2 Å². The minimum Gasteiger partial charge on any atom is -0.493 e. The van der Waals surface area contributed by atoms with Crippen molar-refractivity contribution in [2.24, 2.45) is 0 Å². The number of hydrogen-bond donors (Lipinski definition) is 0. The Hall–Kier alpha value is -3.38. The molecule has 0 aliphatic heterocycles. The lowest BCUT2D eigenvalue weighted by atomic mass is 10.1. The van der Waals surface area contributed by atoms with Crippen LogP contribution < -0.4 is 14.2 Å². The topological polar surface area (TPSA) is 130 Å². The molecule has 56 heavy (non-hydrogen) atoms.